The van der Waals surface area contributed by atoms with Crippen LogP contribution in [-0.2, 0) is 5.67 Å². The van der Waals surface area contributed by atoms with Gasteiger partial charge in [-0.2, -0.15) is 0 Å². The van der Waals surface area contributed by atoms with Crippen LogP contribution in [0.25, 0.3) is 0 Å². The van der Waals surface area contributed by atoms with Crippen LogP contribution in [0, 0.1) is 5.92 Å². The Morgan fingerprint density at radius 2 is 1.93 bits per heavy atom. The quantitative estimate of drug-likeness (QED) is 0.734. The van der Waals surface area contributed by atoms with Crippen molar-refractivity contribution in [1.29, 1.82) is 0 Å². The highest BCUT2D eigenvalue weighted by atomic mass is 19.1. The summed E-state index contributed by atoms with van der Waals surface area (Å²) in [5.41, 5.74) is 5.65. The first-order chi connectivity index (χ1) is 6.52. The smallest absolute Gasteiger partial charge is 0.140 e. The van der Waals surface area contributed by atoms with Crippen molar-refractivity contribution in [2.75, 3.05) is 5.73 Å². The summed E-state index contributed by atoms with van der Waals surface area (Å²) < 4.78 is 14.6. The third kappa shape index (κ3) is 1.74. The van der Waals surface area contributed by atoms with Crippen LogP contribution in [0.1, 0.15) is 32.8 Å². The lowest BCUT2D eigenvalue weighted by Crippen LogP contribution is -2.27. The van der Waals surface area contributed by atoms with Gasteiger partial charge in [-0.15, -0.1) is 0 Å². The van der Waals surface area contributed by atoms with E-state index in [-0.39, 0.29) is 5.92 Å². The molecule has 0 aliphatic heterocycles. The number of anilines is 1. The molecule has 0 saturated carbocycles. The van der Waals surface area contributed by atoms with Gasteiger partial charge in [0.05, 0.1) is 0 Å². The number of halogens is 1. The average Bonchev–Trinajstić information content (AvgIpc) is 2.17. The van der Waals surface area contributed by atoms with Gasteiger partial charge < -0.3 is 5.73 Å². The Balaban J connectivity index is 3.19. The van der Waals surface area contributed by atoms with E-state index in [1.807, 2.05) is 32.9 Å². The molecule has 0 saturated heterocycles. The molecule has 0 aromatic heterocycles. The van der Waals surface area contributed by atoms with Crippen molar-refractivity contribution in [3.8, 4) is 0 Å². The second-order valence-electron chi connectivity index (χ2n) is 3.96. The maximum atomic E-state index is 14.6. The molecule has 1 aromatic rings. The topological polar surface area (TPSA) is 26.0 Å². The molecule has 1 aromatic carbocycles. The molecule has 0 amide bonds. The molecule has 2 heteroatoms. The van der Waals surface area contributed by atoms with E-state index in [2.05, 4.69) is 0 Å². The lowest BCUT2D eigenvalue weighted by molar-refractivity contribution is 0.0944. The molecule has 1 nitrogen and oxygen atoms in total. The van der Waals surface area contributed by atoms with Gasteiger partial charge in [0.2, 0.25) is 0 Å². The summed E-state index contributed by atoms with van der Waals surface area (Å²) in [6.07, 6.45) is 0.457. The zero-order chi connectivity index (χ0) is 10.8. The van der Waals surface area contributed by atoms with Crippen molar-refractivity contribution in [3.63, 3.8) is 0 Å². The molecule has 78 valence electrons. The van der Waals surface area contributed by atoms with Crippen LogP contribution in [0.4, 0.5) is 10.1 Å². The molecule has 0 aliphatic carbocycles. The molecule has 2 N–H and O–H groups in total. The first kappa shape index (κ1) is 11.0. The van der Waals surface area contributed by atoms with Gasteiger partial charge in [0.25, 0.3) is 0 Å². The Morgan fingerprint density at radius 1 is 1.36 bits per heavy atom. The van der Waals surface area contributed by atoms with Gasteiger partial charge in [-0.1, -0.05) is 39.0 Å². The molecule has 1 atom stereocenters. The van der Waals surface area contributed by atoms with E-state index in [4.69, 9.17) is 5.73 Å². The molecule has 0 fully saturated rings. The Kier molecular flexibility index (Phi) is 3.14. The maximum absolute atomic E-state index is 14.6. The summed E-state index contributed by atoms with van der Waals surface area (Å²) in [7, 11) is 0. The van der Waals surface area contributed by atoms with E-state index in [9.17, 15) is 4.39 Å². The number of benzene rings is 1. The Bertz CT molecular complexity index is 309. The van der Waals surface area contributed by atoms with Gasteiger partial charge in [-0.25, -0.2) is 4.39 Å². The van der Waals surface area contributed by atoms with Gasteiger partial charge in [0.15, 0.2) is 0 Å². The Morgan fingerprint density at radius 3 is 2.36 bits per heavy atom. The minimum absolute atomic E-state index is 0.0581. The second kappa shape index (κ2) is 3.99. The number of hydrogen-bond acceptors (Lipinski definition) is 1. The van der Waals surface area contributed by atoms with Crippen LogP contribution in [0.3, 0.4) is 0 Å². The molecule has 0 radical (unpaired) electrons. The van der Waals surface area contributed by atoms with E-state index >= 15 is 0 Å². The fourth-order valence-corrected chi connectivity index (χ4v) is 1.79. The van der Waals surface area contributed by atoms with Crippen molar-refractivity contribution >= 4 is 5.69 Å². The minimum atomic E-state index is -1.30. The normalized spacial score (nSPS) is 15.5. The third-order valence-corrected chi connectivity index (χ3v) is 2.84. The second-order valence-corrected chi connectivity index (χ2v) is 3.96. The largest absolute Gasteiger partial charge is 0.398 e. The fraction of sp³-hybridized carbons (Fsp3) is 0.500. The van der Waals surface area contributed by atoms with Gasteiger partial charge in [0.1, 0.15) is 5.67 Å². The molecular weight excluding hydrogens is 177 g/mol. The van der Waals surface area contributed by atoms with Crippen molar-refractivity contribution in [3.05, 3.63) is 29.8 Å². The van der Waals surface area contributed by atoms with Crippen molar-refractivity contribution < 1.29 is 4.39 Å². The highest BCUT2D eigenvalue weighted by molar-refractivity contribution is 5.49. The standard InChI is InChI=1S/C12H18FN/c1-4-12(13,9(2)3)10-7-5-6-8-11(10)14/h5-9H,4,14H2,1-3H3. The lowest BCUT2D eigenvalue weighted by Gasteiger charge is -2.29. The number of para-hydroxylation sites is 1. The first-order valence-electron chi connectivity index (χ1n) is 5.06. The number of hydrogen-bond donors (Lipinski definition) is 1. The molecule has 0 bridgehead atoms. The lowest BCUT2D eigenvalue weighted by atomic mass is 9.82. The van der Waals surface area contributed by atoms with Gasteiger partial charge in [0, 0.05) is 11.3 Å². The number of nitrogen functional groups attached to an aromatic ring is 1. The van der Waals surface area contributed by atoms with Crippen LogP contribution in [0.15, 0.2) is 24.3 Å². The van der Waals surface area contributed by atoms with Gasteiger partial charge in [-0.3, -0.25) is 0 Å². The summed E-state index contributed by atoms with van der Waals surface area (Å²) in [5.74, 6) is -0.0581. The molecule has 1 rings (SSSR count). The van der Waals surface area contributed by atoms with E-state index in [1.54, 1.807) is 12.1 Å². The van der Waals surface area contributed by atoms with Crippen molar-refractivity contribution in [1.82, 2.24) is 0 Å². The number of rotatable bonds is 3. The zero-order valence-electron chi connectivity index (χ0n) is 9.05. The van der Waals surface area contributed by atoms with E-state index in [0.717, 1.165) is 0 Å². The fourth-order valence-electron chi connectivity index (χ4n) is 1.79. The van der Waals surface area contributed by atoms with Crippen LogP contribution in [0.2, 0.25) is 0 Å². The van der Waals surface area contributed by atoms with Crippen LogP contribution in [-0.4, -0.2) is 0 Å². The highest BCUT2D eigenvalue weighted by Crippen LogP contribution is 2.39. The Labute approximate surface area is 85.1 Å². The predicted molar refractivity (Wildman–Crippen MR) is 58.8 cm³/mol. The first-order valence-corrected chi connectivity index (χ1v) is 5.06. The molecule has 0 heterocycles. The number of nitrogens with two attached hydrogens (primary N) is 1. The molecule has 0 aliphatic rings. The Hall–Kier alpha value is -1.05. The third-order valence-electron chi connectivity index (χ3n) is 2.84. The van der Waals surface area contributed by atoms with Crippen LogP contribution in [0.5, 0.6) is 0 Å². The van der Waals surface area contributed by atoms with Crippen molar-refractivity contribution in [2.24, 2.45) is 5.92 Å². The van der Waals surface area contributed by atoms with E-state index < -0.39 is 5.67 Å². The predicted octanol–water partition coefficient (Wildman–Crippen LogP) is 3.50. The summed E-state index contributed by atoms with van der Waals surface area (Å²) in [5, 5.41) is 0. The van der Waals surface area contributed by atoms with Gasteiger partial charge >= 0.3 is 0 Å². The number of alkyl halides is 1. The maximum Gasteiger partial charge on any atom is 0.140 e. The summed E-state index contributed by atoms with van der Waals surface area (Å²) >= 11 is 0. The minimum Gasteiger partial charge on any atom is -0.398 e. The van der Waals surface area contributed by atoms with Crippen LogP contribution < -0.4 is 5.73 Å². The monoisotopic (exact) mass is 195 g/mol. The zero-order valence-corrected chi connectivity index (χ0v) is 9.05. The summed E-state index contributed by atoms with van der Waals surface area (Å²) in [6, 6.07) is 7.19. The van der Waals surface area contributed by atoms with E-state index in [0.29, 0.717) is 17.7 Å². The molecule has 1 unspecified atom stereocenters. The van der Waals surface area contributed by atoms with Crippen LogP contribution >= 0.6 is 0 Å². The molecule has 14 heavy (non-hydrogen) atoms. The van der Waals surface area contributed by atoms with Gasteiger partial charge in [-0.05, 0) is 18.4 Å². The average molecular weight is 195 g/mol. The molecular formula is C12H18FN. The summed E-state index contributed by atoms with van der Waals surface area (Å²) in [4.78, 5) is 0. The summed E-state index contributed by atoms with van der Waals surface area (Å²) in [6.45, 7) is 5.62. The highest BCUT2D eigenvalue weighted by Gasteiger charge is 2.35. The molecule has 0 spiro atoms. The van der Waals surface area contributed by atoms with Crippen molar-refractivity contribution in [2.45, 2.75) is 32.9 Å². The SMILES string of the molecule is CCC(F)(c1ccccc1N)C(C)C. The van der Waals surface area contributed by atoms with E-state index in [1.165, 1.54) is 0 Å².